The van der Waals surface area contributed by atoms with Gasteiger partial charge in [0.25, 0.3) is 0 Å². The molecule has 0 spiro atoms. The first-order valence-corrected chi connectivity index (χ1v) is 5.29. The van der Waals surface area contributed by atoms with Gasteiger partial charge in [-0.05, 0) is 0 Å². The molecular weight excluding hydrogens is 242 g/mol. The highest BCUT2D eigenvalue weighted by molar-refractivity contribution is 7.99. The van der Waals surface area contributed by atoms with E-state index in [1.165, 1.54) is 18.1 Å². The lowest BCUT2D eigenvalue weighted by atomic mass is 10.5. The number of hydrogen-bond donors (Lipinski definition) is 0. The summed E-state index contributed by atoms with van der Waals surface area (Å²) in [6.45, 7) is 0.490. The molecule has 0 amide bonds. The second kappa shape index (κ2) is 5.84. The van der Waals surface area contributed by atoms with Gasteiger partial charge < -0.3 is 4.74 Å². The Morgan fingerprint density at radius 2 is 2.40 bits per heavy atom. The van der Waals surface area contributed by atoms with E-state index < -0.39 is 4.92 Å². The minimum Gasteiger partial charge on any atom is -0.384 e. The first kappa shape index (κ1) is 12.2. The maximum Gasteiger partial charge on any atom is 0.338 e. The van der Waals surface area contributed by atoms with Gasteiger partial charge in [0.15, 0.2) is 5.03 Å². The number of ether oxygens (including phenoxy) is 1. The van der Waals surface area contributed by atoms with Crippen LogP contribution in [0.5, 0.6) is 0 Å². The molecule has 0 atom stereocenters. The van der Waals surface area contributed by atoms with Crippen LogP contribution in [0.15, 0.2) is 11.4 Å². The summed E-state index contributed by atoms with van der Waals surface area (Å²) in [6.07, 6.45) is 1.20. The molecule has 0 fully saturated rings. The molecule has 0 aliphatic rings. The van der Waals surface area contributed by atoms with Crippen LogP contribution in [0.3, 0.4) is 0 Å². The predicted molar refractivity (Wildman–Crippen MR) is 56.3 cm³/mol. The zero-order chi connectivity index (χ0) is 11.3. The Bertz CT molecular complexity index is 363. The van der Waals surface area contributed by atoms with Gasteiger partial charge in [0.05, 0.1) is 11.5 Å². The van der Waals surface area contributed by atoms with Gasteiger partial charge in [-0.1, -0.05) is 23.4 Å². The second-order valence-electron chi connectivity index (χ2n) is 2.42. The van der Waals surface area contributed by atoms with Crippen molar-refractivity contribution in [3.05, 3.63) is 21.6 Å². The number of hydrogen-bond acceptors (Lipinski definition) is 6. The molecular formula is C7H8ClN3O3S. The van der Waals surface area contributed by atoms with Crippen LogP contribution in [0.1, 0.15) is 0 Å². The number of rotatable bonds is 5. The molecule has 6 nitrogen and oxygen atoms in total. The molecule has 15 heavy (non-hydrogen) atoms. The summed E-state index contributed by atoms with van der Waals surface area (Å²) in [5.41, 5.74) is -0.250. The molecule has 1 rings (SSSR count). The average Bonchev–Trinajstić information content (AvgIpc) is 2.17. The average molecular weight is 250 g/mol. The molecule has 0 saturated carbocycles. The summed E-state index contributed by atoms with van der Waals surface area (Å²) in [5, 5.41) is 10.8. The van der Waals surface area contributed by atoms with Crippen molar-refractivity contribution in [3.8, 4) is 0 Å². The molecule has 0 aliphatic carbocycles. The van der Waals surface area contributed by atoms with Gasteiger partial charge in [0, 0.05) is 12.9 Å². The van der Waals surface area contributed by atoms with Crippen LogP contribution in [0.25, 0.3) is 0 Å². The Morgan fingerprint density at radius 1 is 1.67 bits per heavy atom. The van der Waals surface area contributed by atoms with E-state index in [9.17, 15) is 10.1 Å². The highest BCUT2D eigenvalue weighted by atomic mass is 35.5. The Kier molecular flexibility index (Phi) is 4.73. The fourth-order valence-electron chi connectivity index (χ4n) is 0.823. The summed E-state index contributed by atoms with van der Waals surface area (Å²) in [5.74, 6) is 0.574. The molecule has 1 heterocycles. The summed E-state index contributed by atoms with van der Waals surface area (Å²) in [4.78, 5) is 17.4. The van der Waals surface area contributed by atoms with Gasteiger partial charge in [-0.3, -0.25) is 10.1 Å². The van der Waals surface area contributed by atoms with Crippen LogP contribution in [-0.4, -0.2) is 34.4 Å². The van der Waals surface area contributed by atoms with E-state index in [4.69, 9.17) is 16.3 Å². The minimum atomic E-state index is -0.586. The van der Waals surface area contributed by atoms with E-state index in [1.54, 1.807) is 7.11 Å². The fraction of sp³-hybridized carbons (Fsp3) is 0.429. The predicted octanol–water partition coefficient (Wildman–Crippen LogP) is 1.78. The van der Waals surface area contributed by atoms with E-state index in [2.05, 4.69) is 9.97 Å². The molecule has 82 valence electrons. The Hall–Kier alpha value is -0.920. The number of nitro groups is 1. The van der Waals surface area contributed by atoms with Crippen molar-refractivity contribution in [2.75, 3.05) is 19.5 Å². The van der Waals surface area contributed by atoms with Crippen molar-refractivity contribution in [2.24, 2.45) is 0 Å². The van der Waals surface area contributed by atoms with Crippen molar-refractivity contribution in [1.29, 1.82) is 0 Å². The number of thioether (sulfide) groups is 1. The smallest absolute Gasteiger partial charge is 0.338 e. The maximum atomic E-state index is 10.7. The third-order valence-electron chi connectivity index (χ3n) is 1.45. The molecule has 8 heteroatoms. The number of methoxy groups -OCH3 is 1. The first-order chi connectivity index (χ1) is 7.16. The molecule has 0 radical (unpaired) electrons. The van der Waals surface area contributed by atoms with E-state index in [0.717, 1.165) is 0 Å². The minimum absolute atomic E-state index is 0.144. The standard InChI is InChI=1S/C7H8ClN3O3S/c1-14-2-3-15-7-5(11(12)13)6(8)9-4-10-7/h4H,2-3H2,1H3. The normalized spacial score (nSPS) is 10.3. The van der Waals surface area contributed by atoms with E-state index in [1.807, 2.05) is 0 Å². The Labute approximate surface area is 95.2 Å². The zero-order valence-electron chi connectivity index (χ0n) is 7.84. The third-order valence-corrected chi connectivity index (χ3v) is 2.67. The highest BCUT2D eigenvalue weighted by Crippen LogP contribution is 2.31. The van der Waals surface area contributed by atoms with Crippen LogP contribution < -0.4 is 0 Å². The summed E-state index contributed by atoms with van der Waals surface area (Å²) >= 11 is 6.81. The van der Waals surface area contributed by atoms with Gasteiger partial charge in [-0.2, -0.15) is 0 Å². The van der Waals surface area contributed by atoms with Crippen LogP contribution in [0, 0.1) is 10.1 Å². The third kappa shape index (κ3) is 3.29. The first-order valence-electron chi connectivity index (χ1n) is 3.93. The lowest BCUT2D eigenvalue weighted by Crippen LogP contribution is -1.98. The number of nitrogens with zero attached hydrogens (tertiary/aromatic N) is 3. The monoisotopic (exact) mass is 249 g/mol. The molecule has 1 aromatic heterocycles. The lowest BCUT2D eigenvalue weighted by molar-refractivity contribution is -0.388. The SMILES string of the molecule is COCCSc1ncnc(Cl)c1[N+](=O)[O-]. The van der Waals surface area contributed by atoms with Crippen LogP contribution in [-0.2, 0) is 4.74 Å². The van der Waals surface area contributed by atoms with Gasteiger partial charge >= 0.3 is 5.69 Å². The summed E-state index contributed by atoms with van der Waals surface area (Å²) in [7, 11) is 1.56. The largest absolute Gasteiger partial charge is 0.384 e. The molecule has 0 N–H and O–H groups in total. The number of halogens is 1. The van der Waals surface area contributed by atoms with Gasteiger partial charge in [0.1, 0.15) is 6.33 Å². The molecule has 0 aliphatic heterocycles. The van der Waals surface area contributed by atoms with Crippen molar-refractivity contribution >= 4 is 29.1 Å². The fourth-order valence-corrected chi connectivity index (χ4v) is 1.95. The van der Waals surface area contributed by atoms with Gasteiger partial charge in [-0.25, -0.2) is 9.97 Å². The maximum absolute atomic E-state index is 10.7. The second-order valence-corrected chi connectivity index (χ2v) is 3.86. The Balaban J connectivity index is 2.86. The molecule has 0 bridgehead atoms. The molecule has 0 aromatic carbocycles. The lowest BCUT2D eigenvalue weighted by Gasteiger charge is -2.01. The quantitative estimate of drug-likeness (QED) is 0.260. The van der Waals surface area contributed by atoms with E-state index in [-0.39, 0.29) is 15.9 Å². The summed E-state index contributed by atoms with van der Waals surface area (Å²) < 4.78 is 4.83. The van der Waals surface area contributed by atoms with Gasteiger partial charge in [0.2, 0.25) is 5.15 Å². The Morgan fingerprint density at radius 3 is 3.00 bits per heavy atom. The molecule has 1 aromatic rings. The zero-order valence-corrected chi connectivity index (χ0v) is 9.42. The summed E-state index contributed by atoms with van der Waals surface area (Å²) in [6, 6.07) is 0. The van der Waals surface area contributed by atoms with Crippen molar-refractivity contribution < 1.29 is 9.66 Å². The van der Waals surface area contributed by atoms with Crippen molar-refractivity contribution in [2.45, 2.75) is 5.03 Å². The molecule has 0 saturated heterocycles. The van der Waals surface area contributed by atoms with Crippen LogP contribution in [0.2, 0.25) is 5.15 Å². The topological polar surface area (TPSA) is 78.2 Å². The van der Waals surface area contributed by atoms with Crippen molar-refractivity contribution in [1.82, 2.24) is 9.97 Å². The van der Waals surface area contributed by atoms with Crippen LogP contribution in [0.4, 0.5) is 5.69 Å². The highest BCUT2D eigenvalue weighted by Gasteiger charge is 2.21. The van der Waals surface area contributed by atoms with Crippen LogP contribution >= 0.6 is 23.4 Å². The van der Waals surface area contributed by atoms with Gasteiger partial charge in [-0.15, -0.1) is 0 Å². The molecule has 0 unspecified atom stereocenters. The number of aromatic nitrogens is 2. The van der Waals surface area contributed by atoms with Crippen molar-refractivity contribution in [3.63, 3.8) is 0 Å². The van der Waals surface area contributed by atoms with E-state index >= 15 is 0 Å². The van der Waals surface area contributed by atoms with E-state index in [0.29, 0.717) is 12.4 Å².